The summed E-state index contributed by atoms with van der Waals surface area (Å²) in [6.45, 7) is 3.91. The molecule has 0 atom stereocenters. The van der Waals surface area contributed by atoms with Crippen LogP contribution in [0.25, 0.3) is 6.08 Å². The van der Waals surface area contributed by atoms with Crippen molar-refractivity contribution in [2.24, 2.45) is 0 Å². The van der Waals surface area contributed by atoms with Crippen molar-refractivity contribution in [2.75, 3.05) is 11.9 Å². The average molecular weight is 497 g/mol. The largest absolute Gasteiger partial charge is 0.488 e. The van der Waals surface area contributed by atoms with Crippen LogP contribution in [0.4, 0.5) is 5.69 Å². The molecule has 0 aliphatic rings. The lowest BCUT2D eigenvalue weighted by atomic mass is 10.1. The summed E-state index contributed by atoms with van der Waals surface area (Å²) in [6, 6.07) is 12.1. The molecule has 2 rings (SSSR count). The van der Waals surface area contributed by atoms with Gasteiger partial charge in [-0.3, -0.25) is 4.79 Å². The first-order valence-corrected chi connectivity index (χ1v) is 9.32. The highest BCUT2D eigenvalue weighted by Crippen LogP contribution is 2.34. The fraction of sp³-hybridized carbons (Fsp3) is 0.0526. The van der Waals surface area contributed by atoms with Crippen LogP contribution in [0.15, 0.2) is 63.6 Å². The molecule has 0 saturated heterocycles. The van der Waals surface area contributed by atoms with Crippen LogP contribution in [0, 0.1) is 11.3 Å². The van der Waals surface area contributed by atoms with Gasteiger partial charge < -0.3 is 10.1 Å². The number of amides is 1. The van der Waals surface area contributed by atoms with Gasteiger partial charge in [0.25, 0.3) is 5.91 Å². The topological polar surface area (TPSA) is 62.1 Å². The Kier molecular flexibility index (Phi) is 7.46. The molecule has 26 heavy (non-hydrogen) atoms. The molecule has 4 nitrogen and oxygen atoms in total. The van der Waals surface area contributed by atoms with Gasteiger partial charge in [-0.2, -0.15) is 5.26 Å². The number of carbonyl (C=O) groups is 1. The van der Waals surface area contributed by atoms with Gasteiger partial charge in [0.05, 0.1) is 4.47 Å². The van der Waals surface area contributed by atoms with Crippen molar-refractivity contribution >= 4 is 61.1 Å². The summed E-state index contributed by atoms with van der Waals surface area (Å²) < 4.78 is 7.11. The number of benzene rings is 2. The third kappa shape index (κ3) is 5.46. The first kappa shape index (κ1) is 20.2. The maximum absolute atomic E-state index is 12.4. The van der Waals surface area contributed by atoms with E-state index in [0.717, 1.165) is 4.47 Å². The van der Waals surface area contributed by atoms with Crippen LogP contribution in [-0.4, -0.2) is 12.5 Å². The molecule has 0 spiro atoms. The fourth-order valence-corrected chi connectivity index (χ4v) is 3.52. The smallest absolute Gasteiger partial charge is 0.266 e. The van der Waals surface area contributed by atoms with E-state index in [-0.39, 0.29) is 5.57 Å². The summed E-state index contributed by atoms with van der Waals surface area (Å²) >= 11 is 12.6. The minimum Gasteiger partial charge on any atom is -0.488 e. The minimum absolute atomic E-state index is 0.0617. The lowest BCUT2D eigenvalue weighted by molar-refractivity contribution is -0.112. The summed E-state index contributed by atoms with van der Waals surface area (Å²) in [5.74, 6) is -0.0132. The Morgan fingerprint density at radius 3 is 2.62 bits per heavy atom. The molecule has 0 aromatic heterocycles. The molecule has 1 N–H and O–H groups in total. The van der Waals surface area contributed by atoms with Gasteiger partial charge in [0.1, 0.15) is 24.0 Å². The Bertz CT molecular complexity index is 903. The number of nitrogens with zero attached hydrogens (tertiary/aromatic N) is 1. The van der Waals surface area contributed by atoms with E-state index in [9.17, 15) is 10.1 Å². The average Bonchev–Trinajstić information content (AvgIpc) is 2.60. The zero-order valence-corrected chi connectivity index (χ0v) is 17.4. The Morgan fingerprint density at radius 2 is 2.00 bits per heavy atom. The molecule has 0 fully saturated rings. The fourth-order valence-electron chi connectivity index (χ4n) is 2.02. The second-order valence-electron chi connectivity index (χ2n) is 5.04. The standard InChI is InChI=1S/C19H13Br2ClN2O2/c1-2-7-26-18-12(9-14(20)10-17(18)21)8-13(11-23)19(25)24-16-5-3-15(22)4-6-16/h2-6,8-10H,1,7H2,(H,24,25)/b13-8+. The van der Waals surface area contributed by atoms with Gasteiger partial charge in [0, 0.05) is 20.7 Å². The molecular weight excluding hydrogens is 483 g/mol. The molecule has 2 aromatic carbocycles. The van der Waals surface area contributed by atoms with Crippen molar-refractivity contribution in [1.29, 1.82) is 5.26 Å². The number of ether oxygens (including phenoxy) is 1. The summed E-state index contributed by atoms with van der Waals surface area (Å²) in [6.07, 6.45) is 3.08. The number of nitriles is 1. The van der Waals surface area contributed by atoms with Crippen molar-refractivity contribution < 1.29 is 9.53 Å². The van der Waals surface area contributed by atoms with Crippen molar-refractivity contribution in [1.82, 2.24) is 0 Å². The molecule has 2 aromatic rings. The molecule has 0 aliphatic heterocycles. The molecule has 1 amide bonds. The van der Waals surface area contributed by atoms with Gasteiger partial charge in [-0.15, -0.1) is 0 Å². The van der Waals surface area contributed by atoms with E-state index < -0.39 is 5.91 Å². The minimum atomic E-state index is -0.527. The zero-order chi connectivity index (χ0) is 19.1. The predicted octanol–water partition coefficient (Wildman–Crippen LogP) is 5.98. The molecule has 0 aliphatic carbocycles. The Hall–Kier alpha value is -2.07. The van der Waals surface area contributed by atoms with Crippen LogP contribution in [0.2, 0.25) is 5.02 Å². The van der Waals surface area contributed by atoms with Crippen LogP contribution < -0.4 is 10.1 Å². The quantitative estimate of drug-likeness (QED) is 0.304. The number of anilines is 1. The summed E-state index contributed by atoms with van der Waals surface area (Å²) in [4.78, 5) is 12.4. The lowest BCUT2D eigenvalue weighted by Crippen LogP contribution is -2.13. The van der Waals surface area contributed by atoms with E-state index >= 15 is 0 Å². The molecule has 0 saturated carbocycles. The highest BCUT2D eigenvalue weighted by Gasteiger charge is 2.14. The number of carbonyl (C=O) groups excluding carboxylic acids is 1. The number of rotatable bonds is 6. The first-order chi connectivity index (χ1) is 12.4. The molecule has 0 radical (unpaired) electrons. The van der Waals surface area contributed by atoms with Crippen molar-refractivity contribution in [3.8, 4) is 11.8 Å². The van der Waals surface area contributed by atoms with Crippen molar-refractivity contribution in [2.45, 2.75) is 0 Å². The third-order valence-electron chi connectivity index (χ3n) is 3.15. The van der Waals surface area contributed by atoms with E-state index in [1.807, 2.05) is 12.1 Å². The van der Waals surface area contributed by atoms with Gasteiger partial charge in [0.15, 0.2) is 0 Å². The van der Waals surface area contributed by atoms with Crippen LogP contribution in [0.1, 0.15) is 5.56 Å². The second-order valence-corrected chi connectivity index (χ2v) is 7.24. The third-order valence-corrected chi connectivity index (χ3v) is 4.45. The summed E-state index contributed by atoms with van der Waals surface area (Å²) in [5.41, 5.74) is 1.06. The van der Waals surface area contributed by atoms with Gasteiger partial charge in [-0.05, 0) is 58.4 Å². The Balaban J connectivity index is 2.35. The second kappa shape index (κ2) is 9.58. The van der Waals surface area contributed by atoms with Crippen molar-refractivity contribution in [3.63, 3.8) is 0 Å². The molecular formula is C19H13Br2ClN2O2. The van der Waals surface area contributed by atoms with E-state index in [1.165, 1.54) is 6.08 Å². The van der Waals surface area contributed by atoms with Gasteiger partial charge in [-0.1, -0.05) is 40.2 Å². The van der Waals surface area contributed by atoms with Crippen LogP contribution in [-0.2, 0) is 4.79 Å². The molecule has 132 valence electrons. The van der Waals surface area contributed by atoms with E-state index in [1.54, 1.807) is 36.4 Å². The van der Waals surface area contributed by atoms with E-state index in [2.05, 4.69) is 43.8 Å². The molecule has 0 heterocycles. The van der Waals surface area contributed by atoms with Crippen LogP contribution >= 0.6 is 43.5 Å². The van der Waals surface area contributed by atoms with E-state index in [0.29, 0.717) is 33.1 Å². The van der Waals surface area contributed by atoms with Gasteiger partial charge in [0.2, 0.25) is 0 Å². The first-order valence-electron chi connectivity index (χ1n) is 7.36. The number of halogens is 3. The van der Waals surface area contributed by atoms with Gasteiger partial charge >= 0.3 is 0 Å². The maximum Gasteiger partial charge on any atom is 0.266 e. The van der Waals surface area contributed by atoms with Gasteiger partial charge in [-0.25, -0.2) is 0 Å². The lowest BCUT2D eigenvalue weighted by Gasteiger charge is -2.11. The number of hydrogen-bond acceptors (Lipinski definition) is 3. The van der Waals surface area contributed by atoms with Crippen LogP contribution in [0.3, 0.4) is 0 Å². The summed E-state index contributed by atoms with van der Waals surface area (Å²) in [7, 11) is 0. The Labute approximate surface area is 173 Å². The molecule has 0 bridgehead atoms. The maximum atomic E-state index is 12.4. The Morgan fingerprint density at radius 1 is 1.31 bits per heavy atom. The number of nitrogens with one attached hydrogen (secondary N) is 1. The number of hydrogen-bond donors (Lipinski definition) is 1. The normalized spacial score (nSPS) is 10.8. The summed E-state index contributed by atoms with van der Waals surface area (Å²) in [5, 5.41) is 12.6. The molecule has 0 unspecified atom stereocenters. The van der Waals surface area contributed by atoms with E-state index in [4.69, 9.17) is 16.3 Å². The highest BCUT2D eigenvalue weighted by atomic mass is 79.9. The molecule has 7 heteroatoms. The zero-order valence-electron chi connectivity index (χ0n) is 13.4. The predicted molar refractivity (Wildman–Crippen MR) is 111 cm³/mol. The van der Waals surface area contributed by atoms with Crippen LogP contribution in [0.5, 0.6) is 5.75 Å². The van der Waals surface area contributed by atoms with Crippen molar-refractivity contribution in [3.05, 3.63) is 74.2 Å². The monoisotopic (exact) mass is 494 g/mol. The SMILES string of the molecule is C=CCOc1c(Br)cc(Br)cc1/C=C(\C#N)C(=O)Nc1ccc(Cl)cc1. The highest BCUT2D eigenvalue weighted by molar-refractivity contribution is 9.11.